The summed E-state index contributed by atoms with van der Waals surface area (Å²) in [7, 11) is 0. The molecule has 3 saturated carbocycles. The fraction of sp³-hybridized carbons (Fsp3) is 0.667. The van der Waals surface area contributed by atoms with Crippen LogP contribution in [0.3, 0.4) is 0 Å². The van der Waals surface area contributed by atoms with E-state index in [4.69, 9.17) is 4.74 Å². The molecule has 1 aromatic carbocycles. The molecule has 7 heteroatoms. The summed E-state index contributed by atoms with van der Waals surface area (Å²) in [6.45, 7) is 10.1. The highest BCUT2D eigenvalue weighted by molar-refractivity contribution is 5.95. The number of allylic oxidation sites excluding steroid dienone is 1. The Labute approximate surface area is 238 Å². The minimum atomic E-state index is -1.66. The van der Waals surface area contributed by atoms with Crippen molar-refractivity contribution in [2.24, 2.45) is 28.6 Å². The van der Waals surface area contributed by atoms with Crippen molar-refractivity contribution in [2.45, 2.75) is 90.9 Å². The molecular formula is C33H45NO6. The van der Waals surface area contributed by atoms with Gasteiger partial charge >= 0.3 is 5.97 Å². The van der Waals surface area contributed by atoms with Crippen LogP contribution in [0, 0.1) is 28.6 Å². The third-order valence-corrected chi connectivity index (χ3v) is 11.4. The summed E-state index contributed by atoms with van der Waals surface area (Å²) in [5.74, 6) is -0.613. The lowest BCUT2D eigenvalue weighted by Gasteiger charge is -2.60. The van der Waals surface area contributed by atoms with Crippen LogP contribution in [-0.2, 0) is 20.9 Å². The smallest absolute Gasteiger partial charge is 0.338 e. The predicted octanol–water partition coefficient (Wildman–Crippen LogP) is 4.49. The van der Waals surface area contributed by atoms with Gasteiger partial charge < -0.3 is 14.9 Å². The molecule has 0 aromatic heterocycles. The van der Waals surface area contributed by atoms with Crippen LogP contribution in [0.5, 0.6) is 0 Å². The normalized spacial score (nSPS) is 36.9. The van der Waals surface area contributed by atoms with Crippen molar-refractivity contribution in [1.82, 2.24) is 4.90 Å². The van der Waals surface area contributed by atoms with E-state index >= 15 is 0 Å². The third kappa shape index (κ3) is 4.58. The zero-order chi connectivity index (χ0) is 28.9. The van der Waals surface area contributed by atoms with E-state index < -0.39 is 35.5 Å². The number of Topliss-reactive ketones (excluding diaryl/α,β-unsaturated/α-hetero) is 1. The Morgan fingerprint density at radius 2 is 1.80 bits per heavy atom. The molecule has 0 bridgehead atoms. The number of hydrogen-bond donors (Lipinski definition) is 2. The molecule has 3 fully saturated rings. The summed E-state index contributed by atoms with van der Waals surface area (Å²) in [5, 5.41) is 23.5. The van der Waals surface area contributed by atoms with Gasteiger partial charge in [0.25, 0.3) is 0 Å². The molecule has 40 heavy (non-hydrogen) atoms. The van der Waals surface area contributed by atoms with Crippen LogP contribution in [0.4, 0.5) is 0 Å². The lowest BCUT2D eigenvalue weighted by Crippen LogP contribution is -2.62. The first-order chi connectivity index (χ1) is 19.0. The lowest BCUT2D eigenvalue weighted by atomic mass is 9.45. The maximum Gasteiger partial charge on any atom is 0.338 e. The van der Waals surface area contributed by atoms with Crippen LogP contribution in [0.15, 0.2) is 35.9 Å². The van der Waals surface area contributed by atoms with Crippen LogP contribution in [-0.4, -0.2) is 64.1 Å². The highest BCUT2D eigenvalue weighted by Crippen LogP contribution is 2.67. The number of carbonyl (C=O) groups is 3. The van der Waals surface area contributed by atoms with Gasteiger partial charge in [-0.15, -0.1) is 0 Å². The second-order valence-corrected chi connectivity index (χ2v) is 13.1. The van der Waals surface area contributed by atoms with Crippen LogP contribution in [0.1, 0.15) is 88.6 Å². The highest BCUT2D eigenvalue weighted by atomic mass is 16.5. The first kappa shape index (κ1) is 29.2. The van der Waals surface area contributed by atoms with Crippen molar-refractivity contribution < 1.29 is 29.3 Å². The number of carbonyl (C=O) groups excluding carboxylic acids is 3. The van der Waals surface area contributed by atoms with Crippen molar-refractivity contribution in [1.29, 1.82) is 0 Å². The lowest BCUT2D eigenvalue weighted by molar-refractivity contribution is -0.182. The largest absolute Gasteiger partial charge is 0.454 e. The second kappa shape index (κ2) is 10.8. The molecule has 4 aliphatic carbocycles. The molecular weight excluding hydrogens is 506 g/mol. The predicted molar refractivity (Wildman–Crippen MR) is 151 cm³/mol. The molecule has 4 aliphatic rings. The zero-order valence-corrected chi connectivity index (χ0v) is 24.4. The number of hydrogen-bond acceptors (Lipinski definition) is 7. The van der Waals surface area contributed by atoms with Crippen LogP contribution < -0.4 is 0 Å². The Bertz CT molecular complexity index is 1210. The maximum absolute atomic E-state index is 13.6. The van der Waals surface area contributed by atoms with Crippen molar-refractivity contribution in [3.63, 3.8) is 0 Å². The number of benzene rings is 1. The summed E-state index contributed by atoms with van der Waals surface area (Å²) in [4.78, 5) is 41.1. The Balaban J connectivity index is 1.32. The number of ketones is 2. The van der Waals surface area contributed by atoms with E-state index in [1.165, 1.54) is 0 Å². The molecule has 7 atom stereocenters. The van der Waals surface area contributed by atoms with Gasteiger partial charge in [0.05, 0.1) is 11.7 Å². The molecule has 0 aliphatic heterocycles. The van der Waals surface area contributed by atoms with Crippen molar-refractivity contribution in [2.75, 3.05) is 19.7 Å². The van der Waals surface area contributed by atoms with E-state index in [1.807, 2.05) is 25.1 Å². The Morgan fingerprint density at radius 3 is 2.52 bits per heavy atom. The Hall–Kier alpha value is -2.35. The van der Waals surface area contributed by atoms with Gasteiger partial charge in [-0.25, -0.2) is 4.79 Å². The van der Waals surface area contributed by atoms with Crippen molar-refractivity contribution >= 4 is 17.5 Å². The summed E-state index contributed by atoms with van der Waals surface area (Å²) < 4.78 is 5.54. The van der Waals surface area contributed by atoms with Gasteiger partial charge in [-0.05, 0) is 92.5 Å². The number of aliphatic hydroxyl groups excluding tert-OH is 1. The molecule has 0 unspecified atom stereocenters. The minimum absolute atomic E-state index is 0.0104. The van der Waals surface area contributed by atoms with E-state index in [1.54, 1.807) is 12.1 Å². The second-order valence-electron chi connectivity index (χ2n) is 13.1. The summed E-state index contributed by atoms with van der Waals surface area (Å²) in [5.41, 5.74) is -0.253. The SMILES string of the molecule is CCN(CC)Cc1ccccc1C(=O)OCC(=O)[C@@]1(O)CC[C@H]2[C@@H]3CCC4=CC(=O)CC[C@]4(C)[C@H]3[C@@H](O)C[C@@]21C. The molecule has 0 amide bonds. The van der Waals surface area contributed by atoms with Gasteiger partial charge in [-0.2, -0.15) is 0 Å². The van der Waals surface area contributed by atoms with Gasteiger partial charge in [0.1, 0.15) is 5.60 Å². The molecule has 2 N–H and O–H groups in total. The van der Waals surface area contributed by atoms with Gasteiger partial charge in [-0.3, -0.25) is 14.5 Å². The van der Waals surface area contributed by atoms with Gasteiger partial charge in [0.2, 0.25) is 5.78 Å². The fourth-order valence-corrected chi connectivity index (χ4v) is 9.02. The molecule has 1 aromatic rings. The third-order valence-electron chi connectivity index (χ3n) is 11.4. The van der Waals surface area contributed by atoms with E-state index in [0.29, 0.717) is 37.8 Å². The highest BCUT2D eigenvalue weighted by Gasteiger charge is 2.68. The number of esters is 1. The fourth-order valence-electron chi connectivity index (χ4n) is 9.02. The Kier molecular flexibility index (Phi) is 7.88. The first-order valence-electron chi connectivity index (χ1n) is 15.1. The number of fused-ring (bicyclic) bond motifs is 5. The van der Waals surface area contributed by atoms with E-state index in [-0.39, 0.29) is 29.0 Å². The quantitative estimate of drug-likeness (QED) is 0.459. The first-order valence-corrected chi connectivity index (χ1v) is 15.1. The molecule has 0 radical (unpaired) electrons. The van der Waals surface area contributed by atoms with Crippen molar-refractivity contribution in [3.8, 4) is 0 Å². The van der Waals surface area contributed by atoms with Crippen LogP contribution in [0.2, 0.25) is 0 Å². The number of rotatable bonds is 8. The minimum Gasteiger partial charge on any atom is -0.454 e. The van der Waals surface area contributed by atoms with Crippen LogP contribution >= 0.6 is 0 Å². The van der Waals surface area contributed by atoms with Gasteiger partial charge in [0, 0.05) is 18.4 Å². The summed E-state index contributed by atoms with van der Waals surface area (Å²) in [6, 6.07) is 7.30. The molecule has 218 valence electrons. The van der Waals surface area contributed by atoms with Crippen LogP contribution in [0.25, 0.3) is 0 Å². The summed E-state index contributed by atoms with van der Waals surface area (Å²) in [6.07, 6.45) is 5.36. The average Bonchev–Trinajstić information content (AvgIpc) is 3.21. The molecule has 0 heterocycles. The van der Waals surface area contributed by atoms with Gasteiger partial charge in [-0.1, -0.05) is 51.5 Å². The van der Waals surface area contributed by atoms with E-state index in [0.717, 1.165) is 43.5 Å². The topological polar surface area (TPSA) is 104 Å². The summed E-state index contributed by atoms with van der Waals surface area (Å²) >= 11 is 0. The monoisotopic (exact) mass is 551 g/mol. The standard InChI is InChI=1S/C33H45NO6/c1-5-34(6-2)19-21-9-7-8-10-24(21)30(38)40-20-28(37)33(39)16-14-26-25-12-11-22-17-23(35)13-15-31(22,3)29(25)27(36)18-32(26,33)4/h7-10,17,25-27,29,36,39H,5-6,11-16,18-20H2,1-4H3/t25-,26-,27-,29+,31-,32-,33-/m0/s1. The zero-order valence-electron chi connectivity index (χ0n) is 24.4. The molecule has 7 nitrogen and oxygen atoms in total. The number of ether oxygens (including phenoxy) is 1. The van der Waals surface area contributed by atoms with Gasteiger partial charge in [0.15, 0.2) is 12.4 Å². The number of aliphatic hydroxyl groups is 2. The van der Waals surface area contributed by atoms with Crippen molar-refractivity contribution in [3.05, 3.63) is 47.0 Å². The Morgan fingerprint density at radius 1 is 1.07 bits per heavy atom. The molecule has 5 rings (SSSR count). The number of nitrogens with zero attached hydrogens (tertiary/aromatic N) is 1. The maximum atomic E-state index is 13.6. The average molecular weight is 552 g/mol. The molecule has 0 saturated heterocycles. The van der Waals surface area contributed by atoms with E-state index in [9.17, 15) is 24.6 Å². The van der Waals surface area contributed by atoms with E-state index in [2.05, 4.69) is 25.7 Å². The molecule has 0 spiro atoms.